The van der Waals surface area contributed by atoms with Crippen molar-refractivity contribution >= 4 is 11.9 Å². The lowest BCUT2D eigenvalue weighted by Gasteiger charge is -2.34. The number of hydrogen-bond acceptors (Lipinski definition) is 3. The molecule has 1 aliphatic rings. The van der Waals surface area contributed by atoms with E-state index in [9.17, 15) is 9.59 Å². The van der Waals surface area contributed by atoms with E-state index in [1.54, 1.807) is 0 Å². The first kappa shape index (κ1) is 15.0. The van der Waals surface area contributed by atoms with E-state index in [0.29, 0.717) is 6.54 Å². The van der Waals surface area contributed by atoms with Crippen LogP contribution < -0.4 is 10.6 Å². The Kier molecular flexibility index (Phi) is 5.14. The van der Waals surface area contributed by atoms with Gasteiger partial charge in [0.15, 0.2) is 0 Å². The van der Waals surface area contributed by atoms with Crippen LogP contribution in [0.3, 0.4) is 0 Å². The van der Waals surface area contributed by atoms with E-state index < -0.39 is 11.4 Å². The molecule has 104 valence electrons. The summed E-state index contributed by atoms with van der Waals surface area (Å²) < 4.78 is 0. The molecule has 1 saturated heterocycles. The highest BCUT2D eigenvalue weighted by Crippen LogP contribution is 2.26. The van der Waals surface area contributed by atoms with Crippen molar-refractivity contribution in [2.45, 2.75) is 46.1 Å². The molecule has 0 saturated carbocycles. The quantitative estimate of drug-likeness (QED) is 0.685. The number of carbonyl (C=O) groups is 2. The lowest BCUT2D eigenvalue weighted by atomic mass is 9.81. The van der Waals surface area contributed by atoms with Crippen LogP contribution in [-0.2, 0) is 9.59 Å². The van der Waals surface area contributed by atoms with Gasteiger partial charge in [-0.05, 0) is 32.2 Å². The predicted molar refractivity (Wildman–Crippen MR) is 69.2 cm³/mol. The highest BCUT2D eigenvalue weighted by atomic mass is 16.4. The largest absolute Gasteiger partial charge is 0.481 e. The fourth-order valence-corrected chi connectivity index (χ4v) is 2.23. The molecule has 1 aliphatic heterocycles. The number of carboxylic acids is 1. The van der Waals surface area contributed by atoms with Crippen LogP contribution in [0.25, 0.3) is 0 Å². The van der Waals surface area contributed by atoms with Crippen molar-refractivity contribution in [2.24, 2.45) is 11.3 Å². The van der Waals surface area contributed by atoms with E-state index in [0.717, 1.165) is 19.4 Å². The van der Waals surface area contributed by atoms with Gasteiger partial charge in [-0.3, -0.25) is 9.59 Å². The minimum Gasteiger partial charge on any atom is -0.481 e. The fraction of sp³-hybridized carbons (Fsp3) is 0.846. The molecule has 0 aromatic rings. The van der Waals surface area contributed by atoms with Crippen molar-refractivity contribution in [1.82, 2.24) is 10.6 Å². The van der Waals surface area contributed by atoms with Gasteiger partial charge >= 0.3 is 5.97 Å². The Morgan fingerprint density at radius 2 is 2.11 bits per heavy atom. The van der Waals surface area contributed by atoms with Crippen molar-refractivity contribution in [1.29, 1.82) is 0 Å². The molecule has 1 rings (SSSR count). The highest BCUT2D eigenvalue weighted by molar-refractivity contribution is 5.83. The molecule has 2 atom stereocenters. The summed E-state index contributed by atoms with van der Waals surface area (Å²) in [5.74, 6) is -0.791. The number of hydrogen-bond donors (Lipinski definition) is 3. The van der Waals surface area contributed by atoms with Crippen LogP contribution >= 0.6 is 0 Å². The van der Waals surface area contributed by atoms with Crippen LogP contribution in [-0.4, -0.2) is 36.1 Å². The van der Waals surface area contributed by atoms with Gasteiger partial charge in [-0.15, -0.1) is 0 Å². The zero-order valence-electron chi connectivity index (χ0n) is 11.5. The standard InChI is InChI=1S/C13H24N2O3/c1-9(2)10(7-11(16)17)15-12(18)13(3)5-4-6-14-8-13/h9-10,14H,4-8H2,1-3H3,(H,15,18)(H,16,17). The number of rotatable bonds is 5. The van der Waals surface area contributed by atoms with Crippen LogP contribution in [0, 0.1) is 11.3 Å². The van der Waals surface area contributed by atoms with Gasteiger partial charge in [0.1, 0.15) is 0 Å². The smallest absolute Gasteiger partial charge is 0.305 e. The van der Waals surface area contributed by atoms with Crippen molar-refractivity contribution in [3.05, 3.63) is 0 Å². The maximum atomic E-state index is 12.3. The van der Waals surface area contributed by atoms with E-state index in [1.165, 1.54) is 0 Å². The van der Waals surface area contributed by atoms with Gasteiger partial charge in [0.05, 0.1) is 11.8 Å². The number of nitrogens with one attached hydrogen (secondary N) is 2. The predicted octanol–water partition coefficient (Wildman–Crippen LogP) is 0.992. The van der Waals surface area contributed by atoms with Crippen LogP contribution in [0.5, 0.6) is 0 Å². The number of amides is 1. The molecule has 1 amide bonds. The molecule has 2 unspecified atom stereocenters. The maximum absolute atomic E-state index is 12.3. The third-order valence-electron chi connectivity index (χ3n) is 3.66. The van der Waals surface area contributed by atoms with Crippen LogP contribution in [0.1, 0.15) is 40.0 Å². The molecule has 0 aliphatic carbocycles. The van der Waals surface area contributed by atoms with Gasteiger partial charge in [0.2, 0.25) is 5.91 Å². The molecule has 0 bridgehead atoms. The molecule has 18 heavy (non-hydrogen) atoms. The summed E-state index contributed by atoms with van der Waals surface area (Å²) in [7, 11) is 0. The van der Waals surface area contributed by atoms with Crippen LogP contribution in [0.4, 0.5) is 0 Å². The molecule has 1 fully saturated rings. The Bertz CT molecular complexity index is 309. The van der Waals surface area contributed by atoms with E-state index >= 15 is 0 Å². The minimum absolute atomic E-state index is 0.0209. The average Bonchev–Trinajstić information content (AvgIpc) is 2.28. The van der Waals surface area contributed by atoms with Gasteiger partial charge in [0.25, 0.3) is 0 Å². The second kappa shape index (κ2) is 6.18. The SMILES string of the molecule is CC(C)C(CC(=O)O)NC(=O)C1(C)CCCNC1. The molecular weight excluding hydrogens is 232 g/mol. The Balaban J connectivity index is 2.62. The lowest BCUT2D eigenvalue weighted by Crippen LogP contribution is -2.52. The van der Waals surface area contributed by atoms with Gasteiger partial charge < -0.3 is 15.7 Å². The first-order valence-electron chi connectivity index (χ1n) is 6.58. The third-order valence-corrected chi connectivity index (χ3v) is 3.66. The van der Waals surface area contributed by atoms with E-state index in [-0.39, 0.29) is 24.3 Å². The fourth-order valence-electron chi connectivity index (χ4n) is 2.23. The highest BCUT2D eigenvalue weighted by Gasteiger charge is 2.36. The molecule has 5 nitrogen and oxygen atoms in total. The molecule has 0 aromatic carbocycles. The summed E-state index contributed by atoms with van der Waals surface area (Å²) in [4.78, 5) is 23.1. The topological polar surface area (TPSA) is 78.4 Å². The Labute approximate surface area is 108 Å². The molecular formula is C13H24N2O3. The zero-order valence-corrected chi connectivity index (χ0v) is 11.5. The van der Waals surface area contributed by atoms with Gasteiger partial charge in [-0.25, -0.2) is 0 Å². The average molecular weight is 256 g/mol. The first-order chi connectivity index (χ1) is 8.35. The molecule has 0 spiro atoms. The summed E-state index contributed by atoms with van der Waals surface area (Å²) in [5.41, 5.74) is -0.413. The van der Waals surface area contributed by atoms with E-state index in [1.807, 2.05) is 20.8 Å². The molecule has 0 aromatic heterocycles. The van der Waals surface area contributed by atoms with Gasteiger partial charge in [-0.2, -0.15) is 0 Å². The normalized spacial score (nSPS) is 25.8. The molecule has 5 heteroatoms. The number of piperidine rings is 1. The summed E-state index contributed by atoms with van der Waals surface area (Å²) in [5, 5.41) is 15.0. The number of carbonyl (C=O) groups excluding carboxylic acids is 1. The van der Waals surface area contributed by atoms with Crippen molar-refractivity contribution in [2.75, 3.05) is 13.1 Å². The summed E-state index contributed by atoms with van der Waals surface area (Å²) in [6, 6.07) is -0.297. The Morgan fingerprint density at radius 1 is 1.44 bits per heavy atom. The second-order valence-corrected chi connectivity index (χ2v) is 5.76. The molecule has 3 N–H and O–H groups in total. The maximum Gasteiger partial charge on any atom is 0.305 e. The summed E-state index contributed by atoms with van der Waals surface area (Å²) in [6.07, 6.45) is 1.81. The Morgan fingerprint density at radius 3 is 2.56 bits per heavy atom. The molecule has 0 radical (unpaired) electrons. The van der Waals surface area contributed by atoms with Crippen LogP contribution in [0.2, 0.25) is 0 Å². The van der Waals surface area contributed by atoms with Gasteiger partial charge in [-0.1, -0.05) is 13.8 Å². The number of carboxylic acid groups (broad SMARTS) is 1. The third kappa shape index (κ3) is 3.98. The molecule has 1 heterocycles. The van der Waals surface area contributed by atoms with Crippen LogP contribution in [0.15, 0.2) is 0 Å². The Hall–Kier alpha value is -1.10. The lowest BCUT2D eigenvalue weighted by molar-refractivity contribution is -0.138. The number of aliphatic carboxylic acids is 1. The van der Waals surface area contributed by atoms with E-state index in [2.05, 4.69) is 10.6 Å². The zero-order chi connectivity index (χ0) is 13.8. The van der Waals surface area contributed by atoms with E-state index in [4.69, 9.17) is 5.11 Å². The second-order valence-electron chi connectivity index (χ2n) is 5.76. The van der Waals surface area contributed by atoms with Crippen molar-refractivity contribution in [3.8, 4) is 0 Å². The van der Waals surface area contributed by atoms with Crippen molar-refractivity contribution in [3.63, 3.8) is 0 Å². The monoisotopic (exact) mass is 256 g/mol. The summed E-state index contributed by atoms with van der Waals surface area (Å²) >= 11 is 0. The minimum atomic E-state index is -0.874. The van der Waals surface area contributed by atoms with Crippen molar-refractivity contribution < 1.29 is 14.7 Å². The summed E-state index contributed by atoms with van der Waals surface area (Å²) in [6.45, 7) is 7.40. The first-order valence-corrected chi connectivity index (χ1v) is 6.58. The van der Waals surface area contributed by atoms with Gasteiger partial charge in [0, 0.05) is 12.6 Å².